The Hall–Kier alpha value is -1.12. The Kier molecular flexibility index (Phi) is 5.78. The highest BCUT2D eigenvalue weighted by molar-refractivity contribution is 5.30. The number of hydrogen-bond acceptors (Lipinski definition) is 1. The molecule has 24 heavy (non-hydrogen) atoms. The van der Waals surface area contributed by atoms with Gasteiger partial charge >= 0.3 is 0 Å². The van der Waals surface area contributed by atoms with E-state index in [-0.39, 0.29) is 0 Å². The zero-order chi connectivity index (χ0) is 17.1. The highest BCUT2D eigenvalue weighted by Crippen LogP contribution is 2.41. The van der Waals surface area contributed by atoms with Gasteiger partial charge in [0.2, 0.25) is 5.82 Å². The molecule has 2 fully saturated rings. The maximum absolute atomic E-state index is 13.9. The molecular weight excluding hydrogens is 306 g/mol. The largest absolute Gasteiger partial charge is 0.505 e. The summed E-state index contributed by atoms with van der Waals surface area (Å²) in [4.78, 5) is 0. The minimum atomic E-state index is -1.10. The van der Waals surface area contributed by atoms with E-state index in [1.807, 2.05) is 0 Å². The van der Waals surface area contributed by atoms with Gasteiger partial charge in [-0.1, -0.05) is 38.7 Å². The number of halogens is 2. The van der Waals surface area contributed by atoms with Crippen molar-refractivity contribution in [1.82, 2.24) is 0 Å². The van der Waals surface area contributed by atoms with Crippen LogP contribution in [0.5, 0.6) is 5.75 Å². The van der Waals surface area contributed by atoms with Crippen molar-refractivity contribution in [2.45, 2.75) is 71.1 Å². The normalized spacial score (nSPS) is 31.6. The van der Waals surface area contributed by atoms with Crippen LogP contribution in [0, 0.1) is 35.3 Å². The lowest BCUT2D eigenvalue weighted by Gasteiger charge is -2.34. The van der Waals surface area contributed by atoms with Crippen LogP contribution in [-0.2, 0) is 6.42 Å². The third kappa shape index (κ3) is 4.10. The lowest BCUT2D eigenvalue weighted by molar-refractivity contribution is 0.187. The summed E-state index contributed by atoms with van der Waals surface area (Å²) in [7, 11) is 0. The Bertz CT molecular complexity index is 549. The summed E-state index contributed by atoms with van der Waals surface area (Å²) in [6.07, 6.45) is 12.2. The molecule has 2 atom stereocenters. The first kappa shape index (κ1) is 17.7. The van der Waals surface area contributed by atoms with Crippen LogP contribution in [0.3, 0.4) is 0 Å². The summed E-state index contributed by atoms with van der Waals surface area (Å²) in [6, 6.07) is 2.80. The van der Waals surface area contributed by atoms with Crippen LogP contribution >= 0.6 is 0 Å². The Labute approximate surface area is 144 Å². The van der Waals surface area contributed by atoms with Crippen LogP contribution < -0.4 is 0 Å². The molecule has 0 saturated heterocycles. The summed E-state index contributed by atoms with van der Waals surface area (Å²) in [5, 5.41) is 9.24. The van der Waals surface area contributed by atoms with E-state index in [1.165, 1.54) is 57.1 Å². The van der Waals surface area contributed by atoms with Crippen LogP contribution in [0.2, 0.25) is 0 Å². The predicted molar refractivity (Wildman–Crippen MR) is 92.9 cm³/mol. The molecule has 2 unspecified atom stereocenters. The molecule has 2 aliphatic carbocycles. The van der Waals surface area contributed by atoms with Gasteiger partial charge in [0, 0.05) is 0 Å². The van der Waals surface area contributed by atoms with Crippen LogP contribution in [-0.4, -0.2) is 5.11 Å². The molecule has 3 rings (SSSR count). The van der Waals surface area contributed by atoms with Crippen molar-refractivity contribution in [3.05, 3.63) is 29.3 Å². The molecule has 0 aliphatic heterocycles. The third-order valence-electron chi connectivity index (χ3n) is 6.51. The third-order valence-corrected chi connectivity index (χ3v) is 6.51. The van der Waals surface area contributed by atoms with Gasteiger partial charge in [0.1, 0.15) is 0 Å². The first-order valence-corrected chi connectivity index (χ1v) is 9.70. The minimum absolute atomic E-state index is 0.414. The standard InChI is InChI=1S/C21H30F2O/c1-14-3-2-4-16(8-5-14)17-9-6-15(7-10-17)13-18-11-12-19(24)21(23)20(18)22/h11-12,14-17,24H,2-10,13H2,1H3. The lowest BCUT2D eigenvalue weighted by Crippen LogP contribution is -2.23. The van der Waals surface area contributed by atoms with Gasteiger partial charge in [-0.2, -0.15) is 4.39 Å². The second kappa shape index (κ2) is 7.84. The van der Waals surface area contributed by atoms with Crippen molar-refractivity contribution in [3.63, 3.8) is 0 Å². The summed E-state index contributed by atoms with van der Waals surface area (Å²) < 4.78 is 27.4. The van der Waals surface area contributed by atoms with E-state index in [4.69, 9.17) is 0 Å². The van der Waals surface area contributed by atoms with E-state index in [1.54, 1.807) is 0 Å². The van der Waals surface area contributed by atoms with Crippen LogP contribution in [0.15, 0.2) is 12.1 Å². The van der Waals surface area contributed by atoms with Crippen LogP contribution in [0.25, 0.3) is 0 Å². The van der Waals surface area contributed by atoms with Gasteiger partial charge in [0.15, 0.2) is 11.6 Å². The fraction of sp³-hybridized carbons (Fsp3) is 0.714. The first-order chi connectivity index (χ1) is 11.5. The molecule has 1 aromatic carbocycles. The van der Waals surface area contributed by atoms with E-state index >= 15 is 0 Å². The monoisotopic (exact) mass is 336 g/mol. The van der Waals surface area contributed by atoms with E-state index in [0.717, 1.165) is 30.6 Å². The molecule has 2 aliphatic rings. The minimum Gasteiger partial charge on any atom is -0.505 e. The first-order valence-electron chi connectivity index (χ1n) is 9.70. The highest BCUT2D eigenvalue weighted by atomic mass is 19.2. The van der Waals surface area contributed by atoms with Crippen molar-refractivity contribution in [1.29, 1.82) is 0 Å². The average molecular weight is 336 g/mol. The highest BCUT2D eigenvalue weighted by Gasteiger charge is 2.29. The fourth-order valence-electron chi connectivity index (χ4n) is 4.90. The Balaban J connectivity index is 1.53. The van der Waals surface area contributed by atoms with E-state index in [9.17, 15) is 13.9 Å². The molecule has 0 amide bonds. The summed E-state index contributed by atoms with van der Waals surface area (Å²) in [5.74, 6) is 0.501. The molecule has 0 bridgehead atoms. The molecular formula is C21H30F2O. The summed E-state index contributed by atoms with van der Waals surface area (Å²) in [6.45, 7) is 2.38. The maximum Gasteiger partial charge on any atom is 0.200 e. The van der Waals surface area contributed by atoms with Gasteiger partial charge < -0.3 is 5.11 Å². The van der Waals surface area contributed by atoms with Gasteiger partial charge in [-0.3, -0.25) is 0 Å². The summed E-state index contributed by atoms with van der Waals surface area (Å²) in [5.41, 5.74) is 0.414. The molecule has 1 aromatic rings. The van der Waals surface area contributed by atoms with E-state index in [2.05, 4.69) is 6.92 Å². The van der Waals surface area contributed by atoms with Gasteiger partial charge in [-0.05, 0) is 73.8 Å². The molecule has 1 nitrogen and oxygen atoms in total. The van der Waals surface area contributed by atoms with Gasteiger partial charge in [-0.25, -0.2) is 4.39 Å². The number of aromatic hydroxyl groups is 1. The summed E-state index contributed by atoms with van der Waals surface area (Å²) >= 11 is 0. The molecule has 3 heteroatoms. The molecule has 0 radical (unpaired) electrons. The lowest BCUT2D eigenvalue weighted by atomic mass is 9.72. The number of hydrogen-bond donors (Lipinski definition) is 1. The second-order valence-corrected chi connectivity index (χ2v) is 8.23. The molecule has 1 N–H and O–H groups in total. The number of phenolic OH excluding ortho intramolecular Hbond substituents is 1. The smallest absolute Gasteiger partial charge is 0.200 e. The van der Waals surface area contributed by atoms with E-state index in [0.29, 0.717) is 17.9 Å². The SMILES string of the molecule is CC1CCCC(C2CCC(Cc3ccc(O)c(F)c3F)CC2)CC1. The Morgan fingerprint density at radius 3 is 2.29 bits per heavy atom. The van der Waals surface area contributed by atoms with Crippen molar-refractivity contribution >= 4 is 0 Å². The van der Waals surface area contributed by atoms with Crippen molar-refractivity contribution in [2.75, 3.05) is 0 Å². The predicted octanol–water partition coefficient (Wildman–Crippen LogP) is 6.24. The van der Waals surface area contributed by atoms with Crippen LogP contribution in [0.4, 0.5) is 8.78 Å². The molecule has 0 heterocycles. The average Bonchev–Trinajstić information content (AvgIpc) is 2.81. The number of phenols is 1. The van der Waals surface area contributed by atoms with Crippen LogP contribution in [0.1, 0.15) is 70.3 Å². The topological polar surface area (TPSA) is 20.2 Å². The Morgan fingerprint density at radius 2 is 1.54 bits per heavy atom. The molecule has 0 spiro atoms. The quantitative estimate of drug-likeness (QED) is 0.648. The molecule has 2 saturated carbocycles. The van der Waals surface area contributed by atoms with Gasteiger partial charge in [-0.15, -0.1) is 0 Å². The van der Waals surface area contributed by atoms with E-state index < -0.39 is 17.4 Å². The van der Waals surface area contributed by atoms with Gasteiger partial charge in [0.05, 0.1) is 0 Å². The fourth-order valence-corrected chi connectivity index (χ4v) is 4.90. The Morgan fingerprint density at radius 1 is 0.875 bits per heavy atom. The second-order valence-electron chi connectivity index (χ2n) is 8.23. The molecule has 134 valence electrons. The van der Waals surface area contributed by atoms with Crippen molar-refractivity contribution in [2.24, 2.45) is 23.7 Å². The van der Waals surface area contributed by atoms with Crippen molar-refractivity contribution in [3.8, 4) is 5.75 Å². The van der Waals surface area contributed by atoms with Crippen molar-refractivity contribution < 1.29 is 13.9 Å². The maximum atomic E-state index is 13.9. The zero-order valence-corrected chi connectivity index (χ0v) is 14.7. The number of rotatable bonds is 3. The molecule has 0 aromatic heterocycles. The zero-order valence-electron chi connectivity index (χ0n) is 14.7. The number of benzene rings is 1. The van der Waals surface area contributed by atoms with Gasteiger partial charge in [0.25, 0.3) is 0 Å².